The predicted octanol–water partition coefficient (Wildman–Crippen LogP) is 1.79. The summed E-state index contributed by atoms with van der Waals surface area (Å²) < 4.78 is 37.2. The van der Waals surface area contributed by atoms with E-state index in [0.717, 1.165) is 43.5 Å². The van der Waals surface area contributed by atoms with Gasteiger partial charge in [-0.1, -0.05) is 26.2 Å². The predicted molar refractivity (Wildman–Crippen MR) is 110 cm³/mol. The fourth-order valence-electron chi connectivity index (χ4n) is 2.28. The SMILES string of the molecule is CC(O)CC(=O)C(=C=[N-])C(=O)Nc1ccc(C(F)(F)F)cc1.CCCCCC(N)C(=O)[O-]. The largest absolute Gasteiger partial charge is 0.763 e. The first-order valence-electron chi connectivity index (χ1n) is 9.76. The number of Topliss-reactive ketones (excluding diaryl/α,β-unsaturated/α-hetero) is 1. The number of carboxylic acid groups (broad SMARTS) is 1. The summed E-state index contributed by atoms with van der Waals surface area (Å²) in [5.74, 6) is -1.60. The number of nitrogens with zero attached hydrogens (tertiary/aromatic N) is 1. The molecule has 1 amide bonds. The normalized spacial score (nSPS) is 12.5. The van der Waals surface area contributed by atoms with Crippen LogP contribution in [0.25, 0.3) is 5.41 Å². The van der Waals surface area contributed by atoms with Crippen LogP contribution < -0.4 is 16.2 Å². The van der Waals surface area contributed by atoms with Gasteiger partial charge in [-0.25, -0.2) is 0 Å². The first kappa shape index (κ1) is 29.0. The molecule has 8 nitrogen and oxygen atoms in total. The number of ketones is 1. The molecule has 0 aromatic heterocycles. The van der Waals surface area contributed by atoms with E-state index in [2.05, 4.69) is 12.2 Å². The summed E-state index contributed by atoms with van der Waals surface area (Å²) in [7, 11) is 0. The summed E-state index contributed by atoms with van der Waals surface area (Å²) in [6.07, 6.45) is -2.37. The topological polar surface area (TPSA) is 155 Å². The summed E-state index contributed by atoms with van der Waals surface area (Å²) >= 11 is 0. The molecule has 0 saturated heterocycles. The molecule has 0 radical (unpaired) electrons. The van der Waals surface area contributed by atoms with Gasteiger partial charge in [0.15, 0.2) is 5.78 Å². The number of nitrogens with one attached hydrogen (secondary N) is 1. The maximum atomic E-state index is 12.4. The molecule has 0 fully saturated rings. The molecule has 0 bridgehead atoms. The lowest BCUT2D eigenvalue weighted by atomic mass is 10.1. The molecule has 4 N–H and O–H groups in total. The van der Waals surface area contributed by atoms with Gasteiger partial charge in [-0.15, -0.1) is 0 Å². The molecule has 1 aromatic carbocycles. The molecule has 11 heteroatoms. The average molecular weight is 457 g/mol. The molecule has 0 spiro atoms. The third kappa shape index (κ3) is 11.4. The van der Waals surface area contributed by atoms with Crippen LogP contribution in [0.5, 0.6) is 0 Å². The Morgan fingerprint density at radius 2 is 1.78 bits per heavy atom. The van der Waals surface area contributed by atoms with Gasteiger partial charge < -0.3 is 31.5 Å². The third-order valence-electron chi connectivity index (χ3n) is 3.99. The van der Waals surface area contributed by atoms with Gasteiger partial charge in [0.05, 0.1) is 17.6 Å². The number of benzene rings is 1. The highest BCUT2D eigenvalue weighted by Gasteiger charge is 2.30. The quantitative estimate of drug-likeness (QED) is 0.160. The standard InChI is InChI=1S/C14H12F3N2O3.C7H15NO2/c1-8(20)6-12(21)11(7-18)13(22)19-10-4-2-9(3-5-10)14(15,16)17;1-2-3-4-5-6(8)7(9)10/h2-5,8,20H,6H2,1H3,(H,19,22);6H,2-5,8H2,1H3,(H,9,10)/q-1;/p-1. The Balaban J connectivity index is 0.000000809. The highest BCUT2D eigenvalue weighted by molar-refractivity contribution is 6.29. The molecule has 1 rings (SSSR count). The smallest absolute Gasteiger partial charge is 0.416 e. The number of aliphatic hydroxyl groups excluding tert-OH is 1. The number of hydrogen-bond acceptors (Lipinski definition) is 6. The molecule has 1 aromatic rings. The summed E-state index contributed by atoms with van der Waals surface area (Å²) in [4.78, 5) is 33.4. The number of nitrogens with two attached hydrogens (primary N) is 1. The maximum absolute atomic E-state index is 12.4. The zero-order valence-electron chi connectivity index (χ0n) is 17.7. The highest BCUT2D eigenvalue weighted by Crippen LogP contribution is 2.29. The van der Waals surface area contributed by atoms with Crippen molar-refractivity contribution in [3.05, 3.63) is 40.8 Å². The number of carbonyl (C=O) groups is 3. The van der Waals surface area contributed by atoms with Crippen molar-refractivity contribution in [2.75, 3.05) is 5.32 Å². The maximum Gasteiger partial charge on any atom is 0.416 e. The Bertz CT molecular complexity index is 817. The molecular weight excluding hydrogens is 431 g/mol. The third-order valence-corrected chi connectivity index (χ3v) is 3.99. The van der Waals surface area contributed by atoms with Gasteiger partial charge in [0.2, 0.25) is 0 Å². The lowest BCUT2D eigenvalue weighted by Gasteiger charge is -2.10. The van der Waals surface area contributed by atoms with Crippen LogP contribution in [0, 0.1) is 0 Å². The Morgan fingerprint density at radius 3 is 2.19 bits per heavy atom. The molecule has 178 valence electrons. The van der Waals surface area contributed by atoms with E-state index in [0.29, 0.717) is 6.42 Å². The van der Waals surface area contributed by atoms with Gasteiger partial charge in [-0.05, 0) is 37.6 Å². The van der Waals surface area contributed by atoms with Crippen molar-refractivity contribution in [2.24, 2.45) is 5.73 Å². The Kier molecular flexibility index (Phi) is 12.8. The first-order valence-corrected chi connectivity index (χ1v) is 9.76. The van der Waals surface area contributed by atoms with E-state index in [1.54, 1.807) is 0 Å². The zero-order valence-corrected chi connectivity index (χ0v) is 17.7. The summed E-state index contributed by atoms with van der Waals surface area (Å²) in [5.41, 5.74) is 3.59. The monoisotopic (exact) mass is 457 g/mol. The Morgan fingerprint density at radius 1 is 1.22 bits per heavy atom. The number of rotatable bonds is 10. The highest BCUT2D eigenvalue weighted by atomic mass is 19.4. The van der Waals surface area contributed by atoms with E-state index in [-0.39, 0.29) is 5.69 Å². The number of halogens is 3. The van der Waals surface area contributed by atoms with Crippen LogP contribution in [-0.2, 0) is 20.6 Å². The van der Waals surface area contributed by atoms with Crippen molar-refractivity contribution in [3.63, 3.8) is 0 Å². The molecule has 0 heterocycles. The number of amides is 1. The summed E-state index contributed by atoms with van der Waals surface area (Å²) in [6.45, 7) is 3.38. The van der Waals surface area contributed by atoms with Crippen molar-refractivity contribution >= 4 is 29.2 Å². The van der Waals surface area contributed by atoms with E-state index in [9.17, 15) is 32.7 Å². The van der Waals surface area contributed by atoms with Crippen molar-refractivity contribution < 1.29 is 37.8 Å². The average Bonchev–Trinajstić information content (AvgIpc) is 2.68. The van der Waals surface area contributed by atoms with Crippen molar-refractivity contribution in [2.45, 2.75) is 64.3 Å². The number of aliphatic hydroxyl groups is 1. The molecule has 0 saturated carbocycles. The van der Waals surface area contributed by atoms with Gasteiger partial charge in [-0.2, -0.15) is 13.2 Å². The molecule has 32 heavy (non-hydrogen) atoms. The van der Waals surface area contributed by atoms with Crippen LogP contribution in [-0.4, -0.2) is 40.8 Å². The minimum Gasteiger partial charge on any atom is -0.763 e. The minimum absolute atomic E-state index is 0.00981. The van der Waals surface area contributed by atoms with Crippen LogP contribution in [0.4, 0.5) is 18.9 Å². The second-order valence-corrected chi connectivity index (χ2v) is 6.91. The molecule has 0 aliphatic heterocycles. The number of anilines is 1. The fourth-order valence-corrected chi connectivity index (χ4v) is 2.28. The van der Waals surface area contributed by atoms with E-state index >= 15 is 0 Å². The van der Waals surface area contributed by atoms with Gasteiger partial charge in [0, 0.05) is 18.2 Å². The number of carboxylic acids is 1. The van der Waals surface area contributed by atoms with E-state index < -0.39 is 53.5 Å². The lowest BCUT2D eigenvalue weighted by molar-refractivity contribution is -0.307. The zero-order chi connectivity index (χ0) is 24.9. The van der Waals surface area contributed by atoms with Gasteiger partial charge in [0.1, 0.15) is 5.57 Å². The number of carbonyl (C=O) groups excluding carboxylic acids is 3. The van der Waals surface area contributed by atoms with Crippen molar-refractivity contribution in [1.82, 2.24) is 0 Å². The molecular formula is C21H26F3N3O5-2. The second-order valence-electron chi connectivity index (χ2n) is 6.91. The van der Waals surface area contributed by atoms with Gasteiger partial charge in [-0.3, -0.25) is 15.5 Å². The van der Waals surface area contributed by atoms with E-state index in [1.807, 2.05) is 0 Å². The molecule has 2 atom stereocenters. The summed E-state index contributed by atoms with van der Waals surface area (Å²) in [5, 5.41) is 30.1. The number of unbranched alkanes of at least 4 members (excludes halogenated alkanes) is 2. The second kappa shape index (κ2) is 14.1. The van der Waals surface area contributed by atoms with Gasteiger partial charge in [0.25, 0.3) is 5.91 Å². The first-order chi connectivity index (χ1) is 14.8. The summed E-state index contributed by atoms with van der Waals surface area (Å²) in [6, 6.07) is 2.77. The lowest BCUT2D eigenvalue weighted by Crippen LogP contribution is -2.41. The van der Waals surface area contributed by atoms with Crippen molar-refractivity contribution in [1.29, 1.82) is 0 Å². The Labute approximate surface area is 183 Å². The molecule has 0 aliphatic rings. The molecule has 0 aliphatic carbocycles. The minimum atomic E-state index is -4.50. The van der Waals surface area contributed by atoms with Crippen molar-refractivity contribution in [3.8, 4) is 0 Å². The molecule has 2 unspecified atom stereocenters. The van der Waals surface area contributed by atoms with E-state index in [4.69, 9.17) is 16.2 Å². The number of alkyl halides is 3. The Hall–Kier alpha value is -3.01. The fraction of sp³-hybridized carbons (Fsp3) is 0.476. The van der Waals surface area contributed by atoms with E-state index in [1.165, 1.54) is 12.8 Å². The number of aliphatic carboxylic acids is 1. The van der Waals surface area contributed by atoms with Crippen LogP contribution in [0.1, 0.15) is 51.5 Å². The van der Waals surface area contributed by atoms with Crippen LogP contribution >= 0.6 is 0 Å². The van der Waals surface area contributed by atoms with Gasteiger partial charge >= 0.3 is 6.18 Å². The van der Waals surface area contributed by atoms with Crippen LogP contribution in [0.3, 0.4) is 0 Å². The van der Waals surface area contributed by atoms with Crippen LogP contribution in [0.15, 0.2) is 29.8 Å². The number of hydrogen-bond donors (Lipinski definition) is 3. The van der Waals surface area contributed by atoms with Crippen LogP contribution in [0.2, 0.25) is 0 Å².